The van der Waals surface area contributed by atoms with E-state index in [4.69, 9.17) is 0 Å². The number of rotatable bonds is 2. The molecule has 0 aromatic carbocycles. The quantitative estimate of drug-likeness (QED) is 0.581. The van der Waals surface area contributed by atoms with E-state index in [1.807, 2.05) is 0 Å². The van der Waals surface area contributed by atoms with Gasteiger partial charge in [-0.25, -0.2) is 4.79 Å². The molecule has 94 valence electrons. The van der Waals surface area contributed by atoms with Crippen molar-refractivity contribution in [1.82, 2.24) is 10.2 Å². The Morgan fingerprint density at radius 3 is 2.29 bits per heavy atom. The van der Waals surface area contributed by atoms with Crippen LogP contribution in [0.5, 0.6) is 0 Å². The minimum atomic E-state index is -0.722. The molecule has 2 rings (SSSR count). The van der Waals surface area contributed by atoms with E-state index in [0.717, 1.165) is 30.6 Å². The molecule has 0 bridgehead atoms. The van der Waals surface area contributed by atoms with Crippen molar-refractivity contribution >= 4 is 18.2 Å². The van der Waals surface area contributed by atoms with E-state index in [1.165, 1.54) is 6.42 Å². The number of imide groups is 1. The summed E-state index contributed by atoms with van der Waals surface area (Å²) < 4.78 is 0. The van der Waals surface area contributed by atoms with Gasteiger partial charge in [-0.2, -0.15) is 0 Å². The summed E-state index contributed by atoms with van der Waals surface area (Å²) in [5.41, 5.74) is -0.722. The topological polar surface area (TPSA) is 66.5 Å². The zero-order valence-electron chi connectivity index (χ0n) is 9.91. The Bertz CT molecular complexity index is 333. The van der Waals surface area contributed by atoms with Crippen LogP contribution in [-0.4, -0.2) is 35.2 Å². The van der Waals surface area contributed by atoms with Crippen molar-refractivity contribution in [2.45, 2.75) is 50.5 Å². The molecule has 3 amide bonds. The summed E-state index contributed by atoms with van der Waals surface area (Å²) in [6, 6.07) is -0.414. The van der Waals surface area contributed by atoms with E-state index in [9.17, 15) is 14.4 Å². The highest BCUT2D eigenvalue weighted by Crippen LogP contribution is 2.31. The first-order valence-electron chi connectivity index (χ1n) is 6.27. The first kappa shape index (κ1) is 12.1. The normalized spacial score (nSPS) is 24.4. The van der Waals surface area contributed by atoms with Gasteiger partial charge in [-0.3, -0.25) is 9.69 Å². The molecule has 1 aliphatic carbocycles. The van der Waals surface area contributed by atoms with Gasteiger partial charge in [0.15, 0.2) is 0 Å². The molecule has 0 unspecified atom stereocenters. The van der Waals surface area contributed by atoms with Crippen molar-refractivity contribution in [3.05, 3.63) is 0 Å². The molecule has 2 fully saturated rings. The molecule has 0 atom stereocenters. The summed E-state index contributed by atoms with van der Waals surface area (Å²) >= 11 is 0. The maximum atomic E-state index is 12.2. The second-order valence-corrected chi connectivity index (χ2v) is 4.86. The average Bonchev–Trinajstić information content (AvgIpc) is 2.50. The van der Waals surface area contributed by atoms with Gasteiger partial charge >= 0.3 is 6.03 Å². The van der Waals surface area contributed by atoms with Crippen molar-refractivity contribution in [3.8, 4) is 0 Å². The third-order valence-corrected chi connectivity index (χ3v) is 3.71. The number of nitrogens with zero attached hydrogens (tertiary/aromatic N) is 1. The highest BCUT2D eigenvalue weighted by molar-refractivity contribution is 6.08. The van der Waals surface area contributed by atoms with E-state index in [2.05, 4.69) is 5.32 Å². The van der Waals surface area contributed by atoms with Gasteiger partial charge in [0.1, 0.15) is 11.8 Å². The Morgan fingerprint density at radius 2 is 1.71 bits per heavy atom. The second-order valence-electron chi connectivity index (χ2n) is 4.86. The largest absolute Gasteiger partial charge is 0.325 e. The van der Waals surface area contributed by atoms with E-state index < -0.39 is 11.6 Å². The fourth-order valence-electron chi connectivity index (χ4n) is 2.76. The molecule has 0 radical (unpaired) electrons. The molecule has 5 heteroatoms. The van der Waals surface area contributed by atoms with E-state index in [0.29, 0.717) is 19.1 Å². The molecule has 1 heterocycles. The van der Waals surface area contributed by atoms with Gasteiger partial charge < -0.3 is 10.1 Å². The molecule has 1 spiro atoms. The number of hydrogen-bond acceptors (Lipinski definition) is 3. The van der Waals surface area contributed by atoms with Gasteiger partial charge in [0, 0.05) is 0 Å². The van der Waals surface area contributed by atoms with Crippen molar-refractivity contribution in [2.24, 2.45) is 0 Å². The molecule has 17 heavy (non-hydrogen) atoms. The van der Waals surface area contributed by atoms with Gasteiger partial charge in [0.25, 0.3) is 5.91 Å². The lowest BCUT2D eigenvalue weighted by atomic mass is 9.84. The molecule has 0 aromatic heterocycles. The lowest BCUT2D eigenvalue weighted by molar-refractivity contribution is -0.133. The number of aldehydes is 1. The minimum Gasteiger partial charge on any atom is -0.323 e. The zero-order valence-corrected chi connectivity index (χ0v) is 9.91. The molecule has 1 saturated carbocycles. The molecule has 0 aromatic rings. The van der Waals surface area contributed by atoms with Crippen LogP contribution in [0, 0.1) is 0 Å². The van der Waals surface area contributed by atoms with Crippen LogP contribution >= 0.6 is 0 Å². The van der Waals surface area contributed by atoms with Crippen molar-refractivity contribution < 1.29 is 14.4 Å². The predicted molar refractivity (Wildman–Crippen MR) is 61.4 cm³/mol. The second kappa shape index (κ2) is 4.85. The number of carbonyl (C=O) groups excluding carboxylic acids is 3. The highest BCUT2D eigenvalue weighted by Gasteiger charge is 2.50. The van der Waals surface area contributed by atoms with Gasteiger partial charge in [-0.15, -0.1) is 0 Å². The predicted octanol–water partition coefficient (Wildman–Crippen LogP) is 1.22. The number of amides is 3. The first-order valence-corrected chi connectivity index (χ1v) is 6.27. The van der Waals surface area contributed by atoms with E-state index >= 15 is 0 Å². The number of urea groups is 1. The van der Waals surface area contributed by atoms with Crippen LogP contribution < -0.4 is 5.32 Å². The van der Waals surface area contributed by atoms with Gasteiger partial charge in [0.05, 0.1) is 6.54 Å². The Hall–Kier alpha value is -1.39. The number of hydrogen-bond donors (Lipinski definition) is 1. The fraction of sp³-hybridized carbons (Fsp3) is 0.750. The van der Waals surface area contributed by atoms with Gasteiger partial charge in [-0.05, 0) is 12.8 Å². The Labute approximate surface area is 101 Å². The van der Waals surface area contributed by atoms with Crippen LogP contribution in [0.3, 0.4) is 0 Å². The summed E-state index contributed by atoms with van der Waals surface area (Å²) in [6.07, 6.45) is 7.34. The van der Waals surface area contributed by atoms with Crippen LogP contribution in [-0.2, 0) is 9.59 Å². The lowest BCUT2D eigenvalue weighted by Gasteiger charge is -2.28. The molecule has 5 nitrogen and oxygen atoms in total. The first-order chi connectivity index (χ1) is 8.19. The maximum Gasteiger partial charge on any atom is 0.325 e. The maximum absolute atomic E-state index is 12.2. The summed E-state index contributed by atoms with van der Waals surface area (Å²) in [6.45, 7) is -0.133. The average molecular weight is 238 g/mol. The van der Waals surface area contributed by atoms with Crippen LogP contribution in [0.1, 0.15) is 44.9 Å². The van der Waals surface area contributed by atoms with E-state index in [-0.39, 0.29) is 12.5 Å². The molecule has 1 N–H and O–H groups in total. The molecular formula is C12H18N2O3. The van der Waals surface area contributed by atoms with Crippen LogP contribution in [0.2, 0.25) is 0 Å². The third kappa shape index (κ3) is 2.18. The van der Waals surface area contributed by atoms with Crippen LogP contribution in [0.4, 0.5) is 4.79 Å². The Kier molecular flexibility index (Phi) is 3.45. The standard InChI is InChI=1S/C12H18N2O3/c15-9-8-14-10(16)12(13-11(14)17)6-4-2-1-3-5-7-12/h9H,1-8H2,(H,13,17). The molecule has 2 aliphatic rings. The number of carbonyl (C=O) groups is 3. The SMILES string of the molecule is O=CCN1C(=O)NC2(CCCCCCC2)C1=O. The van der Waals surface area contributed by atoms with Gasteiger partial charge in [0.2, 0.25) is 0 Å². The highest BCUT2D eigenvalue weighted by atomic mass is 16.2. The molecule has 1 saturated heterocycles. The lowest BCUT2D eigenvalue weighted by Crippen LogP contribution is -2.47. The van der Waals surface area contributed by atoms with Crippen LogP contribution in [0.25, 0.3) is 0 Å². The van der Waals surface area contributed by atoms with Crippen molar-refractivity contribution in [1.29, 1.82) is 0 Å². The Balaban J connectivity index is 2.16. The summed E-state index contributed by atoms with van der Waals surface area (Å²) in [7, 11) is 0. The third-order valence-electron chi connectivity index (χ3n) is 3.71. The van der Waals surface area contributed by atoms with E-state index in [1.54, 1.807) is 0 Å². The fourth-order valence-corrected chi connectivity index (χ4v) is 2.76. The van der Waals surface area contributed by atoms with Crippen LogP contribution in [0.15, 0.2) is 0 Å². The summed E-state index contributed by atoms with van der Waals surface area (Å²) in [4.78, 5) is 35.4. The number of nitrogens with one attached hydrogen (secondary N) is 1. The zero-order chi connectivity index (χ0) is 12.3. The minimum absolute atomic E-state index is 0.133. The van der Waals surface area contributed by atoms with Crippen molar-refractivity contribution in [2.75, 3.05) is 6.54 Å². The molecule has 1 aliphatic heterocycles. The smallest absolute Gasteiger partial charge is 0.323 e. The summed E-state index contributed by atoms with van der Waals surface area (Å²) in [5.74, 6) is -0.212. The van der Waals surface area contributed by atoms with Crippen molar-refractivity contribution in [3.63, 3.8) is 0 Å². The van der Waals surface area contributed by atoms with Gasteiger partial charge in [-0.1, -0.05) is 32.1 Å². The monoisotopic (exact) mass is 238 g/mol. The summed E-state index contributed by atoms with van der Waals surface area (Å²) in [5, 5.41) is 2.80. The Morgan fingerprint density at radius 1 is 1.12 bits per heavy atom. The molecular weight excluding hydrogens is 220 g/mol.